The van der Waals surface area contributed by atoms with E-state index in [2.05, 4.69) is 5.32 Å². The molecule has 8 nitrogen and oxygen atoms in total. The van der Waals surface area contributed by atoms with Crippen molar-refractivity contribution in [1.29, 1.82) is 0 Å². The smallest absolute Gasteiger partial charge is 0.269 e. The molecule has 3 aromatic carbocycles. The van der Waals surface area contributed by atoms with Crippen molar-refractivity contribution in [3.8, 4) is 0 Å². The van der Waals surface area contributed by atoms with Crippen LogP contribution in [-0.2, 0) is 32.6 Å². The first-order valence-electron chi connectivity index (χ1n) is 13.7. The second kappa shape index (κ2) is 13.1. The lowest BCUT2D eigenvalue weighted by Gasteiger charge is -2.32. The Balaban J connectivity index is 1.57. The number of halogens is 1. The molecule has 0 spiro atoms. The van der Waals surface area contributed by atoms with Gasteiger partial charge in [0.05, 0.1) is 5.56 Å². The highest BCUT2D eigenvalue weighted by molar-refractivity contribution is 7.90. The zero-order chi connectivity index (χ0) is 29.6. The summed E-state index contributed by atoms with van der Waals surface area (Å²) in [4.78, 5) is 41.5. The molecule has 2 atom stereocenters. The summed E-state index contributed by atoms with van der Waals surface area (Å²) in [7, 11) is -3.99. The molecule has 0 saturated carbocycles. The van der Waals surface area contributed by atoms with Gasteiger partial charge in [0.2, 0.25) is 11.8 Å². The summed E-state index contributed by atoms with van der Waals surface area (Å²) in [6.07, 6.45) is 0.933. The summed E-state index contributed by atoms with van der Waals surface area (Å²) in [5, 5.41) is 2.98. The molecule has 0 fully saturated rings. The van der Waals surface area contributed by atoms with Gasteiger partial charge >= 0.3 is 0 Å². The molecule has 0 bridgehead atoms. The maximum atomic E-state index is 13.8. The molecule has 2 unspecified atom stereocenters. The van der Waals surface area contributed by atoms with Gasteiger partial charge in [-0.3, -0.25) is 14.4 Å². The lowest BCUT2D eigenvalue weighted by Crippen LogP contribution is -2.52. The quantitative estimate of drug-likeness (QED) is 0.345. The molecule has 0 aliphatic carbocycles. The molecular weight excluding hydrogens is 545 g/mol. The van der Waals surface area contributed by atoms with E-state index in [9.17, 15) is 27.2 Å². The van der Waals surface area contributed by atoms with Crippen LogP contribution in [0.3, 0.4) is 0 Å². The number of hydrogen-bond donors (Lipinski definition) is 1. The minimum atomic E-state index is -3.99. The van der Waals surface area contributed by atoms with Crippen LogP contribution in [0.25, 0.3) is 0 Å². The van der Waals surface area contributed by atoms with Gasteiger partial charge in [-0.1, -0.05) is 61.5 Å². The van der Waals surface area contributed by atoms with Gasteiger partial charge in [-0.2, -0.15) is 0 Å². The number of benzene rings is 3. The lowest BCUT2D eigenvalue weighted by atomic mass is 10.0. The summed E-state index contributed by atoms with van der Waals surface area (Å²) in [5.41, 5.74) is 1.61. The molecule has 10 heteroatoms. The van der Waals surface area contributed by atoms with Crippen molar-refractivity contribution in [3.05, 3.63) is 101 Å². The number of sulfonamides is 1. The number of fused-ring (bicyclic) bond motifs is 1. The third-order valence-electron chi connectivity index (χ3n) is 7.20. The Bertz CT molecular complexity index is 1500. The highest BCUT2D eigenvalue weighted by atomic mass is 32.2. The van der Waals surface area contributed by atoms with Crippen LogP contribution < -0.4 is 5.32 Å². The Morgan fingerprint density at radius 1 is 0.951 bits per heavy atom. The maximum Gasteiger partial charge on any atom is 0.269 e. The van der Waals surface area contributed by atoms with Crippen molar-refractivity contribution >= 4 is 27.7 Å². The number of carbonyl (C=O) groups excluding carboxylic acids is 3. The van der Waals surface area contributed by atoms with E-state index in [1.165, 1.54) is 29.2 Å². The molecule has 4 rings (SSSR count). The fraction of sp³-hybridized carbons (Fsp3) is 0.323. The van der Waals surface area contributed by atoms with E-state index in [4.69, 9.17) is 0 Å². The van der Waals surface area contributed by atoms with Crippen molar-refractivity contribution in [2.45, 2.75) is 63.1 Å². The predicted octanol–water partition coefficient (Wildman–Crippen LogP) is 4.31. The standard InChI is InChI=1S/C31H34FN3O5S/c1-3-22(2)33-30(37)27(20-23-10-5-4-6-11-23)34(21-24-15-17-25(32)18-16-24)29(36)14-9-19-35-31(38)26-12-7-8-13-28(26)41(35,39)40/h4-8,10-13,15-18,22,27H,3,9,14,19-21H2,1-2H3,(H,33,37). The van der Waals surface area contributed by atoms with Gasteiger partial charge in [0, 0.05) is 32.0 Å². The van der Waals surface area contributed by atoms with Crippen LogP contribution in [0.1, 0.15) is 54.6 Å². The molecule has 216 valence electrons. The summed E-state index contributed by atoms with van der Waals surface area (Å²) in [5.74, 6) is -1.73. The van der Waals surface area contributed by atoms with E-state index in [1.54, 1.807) is 24.3 Å². The normalized spacial score (nSPS) is 15.2. The monoisotopic (exact) mass is 579 g/mol. The second-order valence-electron chi connectivity index (χ2n) is 10.2. The number of amides is 3. The van der Waals surface area contributed by atoms with Gasteiger partial charge in [-0.05, 0) is 55.2 Å². The Morgan fingerprint density at radius 3 is 2.27 bits per heavy atom. The van der Waals surface area contributed by atoms with E-state index in [0.717, 1.165) is 9.87 Å². The molecule has 0 radical (unpaired) electrons. The minimum absolute atomic E-state index is 0.0427. The van der Waals surface area contributed by atoms with Gasteiger partial charge in [0.1, 0.15) is 16.8 Å². The van der Waals surface area contributed by atoms with Gasteiger partial charge in [0.25, 0.3) is 15.9 Å². The lowest BCUT2D eigenvalue weighted by molar-refractivity contribution is -0.141. The molecule has 1 aliphatic rings. The zero-order valence-electron chi connectivity index (χ0n) is 23.1. The Morgan fingerprint density at radius 2 is 1.61 bits per heavy atom. The third-order valence-corrected chi connectivity index (χ3v) is 9.04. The van der Waals surface area contributed by atoms with Crippen LogP contribution in [0.2, 0.25) is 0 Å². The van der Waals surface area contributed by atoms with Crippen molar-refractivity contribution in [2.24, 2.45) is 0 Å². The zero-order valence-corrected chi connectivity index (χ0v) is 23.9. The maximum absolute atomic E-state index is 13.8. The Labute approximate surface area is 240 Å². The number of carbonyl (C=O) groups is 3. The largest absolute Gasteiger partial charge is 0.352 e. The first-order chi connectivity index (χ1) is 19.6. The van der Waals surface area contributed by atoms with Crippen LogP contribution in [0.15, 0.2) is 83.8 Å². The number of nitrogens with zero attached hydrogens (tertiary/aromatic N) is 2. The SMILES string of the molecule is CCC(C)NC(=O)C(Cc1ccccc1)N(Cc1ccc(F)cc1)C(=O)CCCN1C(=O)c2ccccc2S1(=O)=O. The summed E-state index contributed by atoms with van der Waals surface area (Å²) in [6, 6.07) is 20.1. The topological polar surface area (TPSA) is 104 Å². The molecule has 1 heterocycles. The average molecular weight is 580 g/mol. The Hall–Kier alpha value is -4.05. The van der Waals surface area contributed by atoms with Crippen LogP contribution in [0.4, 0.5) is 4.39 Å². The molecular formula is C31H34FN3O5S. The minimum Gasteiger partial charge on any atom is -0.352 e. The first kappa shape index (κ1) is 29.9. The van der Waals surface area contributed by atoms with Gasteiger partial charge in [0.15, 0.2) is 0 Å². The van der Waals surface area contributed by atoms with E-state index < -0.39 is 27.8 Å². The molecule has 1 N–H and O–H groups in total. The van der Waals surface area contributed by atoms with Gasteiger partial charge < -0.3 is 10.2 Å². The number of hydrogen-bond acceptors (Lipinski definition) is 5. The molecule has 3 aromatic rings. The van der Waals surface area contributed by atoms with Gasteiger partial charge in [-0.15, -0.1) is 0 Å². The van der Waals surface area contributed by atoms with Crippen molar-refractivity contribution in [3.63, 3.8) is 0 Å². The van der Waals surface area contributed by atoms with Crippen LogP contribution in [-0.4, -0.2) is 54.0 Å². The summed E-state index contributed by atoms with van der Waals surface area (Å²) >= 11 is 0. The molecule has 41 heavy (non-hydrogen) atoms. The van der Waals surface area contributed by atoms with Gasteiger partial charge in [-0.25, -0.2) is 17.1 Å². The third kappa shape index (κ3) is 7.00. The Kier molecular flexibility index (Phi) is 9.54. The van der Waals surface area contributed by atoms with Crippen LogP contribution >= 0.6 is 0 Å². The molecule has 3 amide bonds. The predicted molar refractivity (Wildman–Crippen MR) is 153 cm³/mol. The number of nitrogens with one attached hydrogen (secondary N) is 1. The second-order valence-corrected chi connectivity index (χ2v) is 12.0. The van der Waals surface area contributed by atoms with E-state index in [0.29, 0.717) is 12.0 Å². The van der Waals surface area contributed by atoms with Crippen LogP contribution in [0, 0.1) is 5.82 Å². The highest BCUT2D eigenvalue weighted by Gasteiger charge is 2.40. The van der Waals surface area contributed by atoms with Crippen molar-refractivity contribution in [1.82, 2.24) is 14.5 Å². The van der Waals surface area contributed by atoms with E-state index in [-0.39, 0.29) is 60.7 Å². The summed E-state index contributed by atoms with van der Waals surface area (Å²) < 4.78 is 40.3. The average Bonchev–Trinajstić information content (AvgIpc) is 3.16. The van der Waals surface area contributed by atoms with Crippen molar-refractivity contribution in [2.75, 3.05) is 6.54 Å². The highest BCUT2D eigenvalue weighted by Crippen LogP contribution is 2.30. The van der Waals surface area contributed by atoms with E-state index >= 15 is 0 Å². The molecule has 0 saturated heterocycles. The fourth-order valence-corrected chi connectivity index (χ4v) is 6.36. The number of rotatable bonds is 12. The van der Waals surface area contributed by atoms with Crippen LogP contribution in [0.5, 0.6) is 0 Å². The summed E-state index contributed by atoms with van der Waals surface area (Å²) in [6.45, 7) is 3.71. The fourth-order valence-electron chi connectivity index (χ4n) is 4.75. The van der Waals surface area contributed by atoms with Crippen molar-refractivity contribution < 1.29 is 27.2 Å². The molecule has 1 aliphatic heterocycles. The first-order valence-corrected chi connectivity index (χ1v) is 15.1. The van der Waals surface area contributed by atoms with E-state index in [1.807, 2.05) is 44.2 Å². The molecule has 0 aromatic heterocycles.